The van der Waals surface area contributed by atoms with Gasteiger partial charge < -0.3 is 15.4 Å². The van der Waals surface area contributed by atoms with Gasteiger partial charge in [-0.05, 0) is 31.2 Å². The van der Waals surface area contributed by atoms with E-state index in [-0.39, 0.29) is 11.3 Å². The van der Waals surface area contributed by atoms with Gasteiger partial charge in [-0.15, -0.1) is 0 Å². The lowest BCUT2D eigenvalue weighted by Crippen LogP contribution is -2.43. The van der Waals surface area contributed by atoms with Crippen LogP contribution in [0.3, 0.4) is 0 Å². The smallest absolute Gasteiger partial charge is 0.223 e. The van der Waals surface area contributed by atoms with Crippen molar-refractivity contribution >= 4 is 5.91 Å². The molecule has 1 saturated heterocycles. The number of hydrogen-bond donors (Lipinski definition) is 1. The monoisotopic (exact) mass is 226 g/mol. The fraction of sp³-hybridized carbons (Fsp3) is 0.917. The highest BCUT2D eigenvalue weighted by Crippen LogP contribution is 2.43. The molecule has 1 saturated carbocycles. The standard InChI is InChI=1S/C12H22N2O2/c13-10-12(3-1-4-12)9-11(15)14-5-2-7-16-8-6-14/h1-10,13H2. The van der Waals surface area contributed by atoms with Crippen molar-refractivity contribution in [1.82, 2.24) is 4.90 Å². The number of rotatable bonds is 3. The van der Waals surface area contributed by atoms with Crippen LogP contribution in [0.4, 0.5) is 0 Å². The molecule has 2 fully saturated rings. The molecule has 1 heterocycles. The zero-order valence-electron chi connectivity index (χ0n) is 9.91. The minimum Gasteiger partial charge on any atom is -0.380 e. The van der Waals surface area contributed by atoms with E-state index in [1.54, 1.807) is 0 Å². The van der Waals surface area contributed by atoms with Crippen LogP contribution in [0.1, 0.15) is 32.1 Å². The van der Waals surface area contributed by atoms with Crippen molar-refractivity contribution in [1.29, 1.82) is 0 Å². The summed E-state index contributed by atoms with van der Waals surface area (Å²) in [4.78, 5) is 14.1. The van der Waals surface area contributed by atoms with Crippen LogP contribution in [0.25, 0.3) is 0 Å². The lowest BCUT2D eigenvalue weighted by Gasteiger charge is -2.41. The molecule has 0 aromatic heterocycles. The van der Waals surface area contributed by atoms with Crippen molar-refractivity contribution in [3.63, 3.8) is 0 Å². The Hall–Kier alpha value is -0.610. The quantitative estimate of drug-likeness (QED) is 0.772. The second-order valence-corrected chi connectivity index (χ2v) is 5.08. The average Bonchev–Trinajstić information content (AvgIpc) is 2.51. The molecule has 2 aliphatic rings. The van der Waals surface area contributed by atoms with Crippen molar-refractivity contribution in [3.05, 3.63) is 0 Å². The van der Waals surface area contributed by atoms with Crippen LogP contribution in [-0.2, 0) is 9.53 Å². The molecule has 0 spiro atoms. The number of ether oxygens (including phenoxy) is 1. The number of nitrogens with two attached hydrogens (primary N) is 1. The van der Waals surface area contributed by atoms with Crippen LogP contribution >= 0.6 is 0 Å². The lowest BCUT2D eigenvalue weighted by atomic mass is 9.66. The van der Waals surface area contributed by atoms with Crippen LogP contribution < -0.4 is 5.73 Å². The molecule has 4 heteroatoms. The third-order valence-corrected chi connectivity index (χ3v) is 3.95. The number of nitrogens with zero attached hydrogens (tertiary/aromatic N) is 1. The maximum absolute atomic E-state index is 12.1. The van der Waals surface area contributed by atoms with Crippen molar-refractivity contribution in [3.8, 4) is 0 Å². The van der Waals surface area contributed by atoms with Gasteiger partial charge in [0.05, 0.1) is 6.61 Å². The average molecular weight is 226 g/mol. The van der Waals surface area contributed by atoms with Gasteiger partial charge in [-0.2, -0.15) is 0 Å². The Balaban J connectivity index is 1.86. The molecule has 0 aromatic carbocycles. The van der Waals surface area contributed by atoms with Gasteiger partial charge >= 0.3 is 0 Å². The summed E-state index contributed by atoms with van der Waals surface area (Å²) < 4.78 is 5.35. The largest absolute Gasteiger partial charge is 0.380 e. The van der Waals surface area contributed by atoms with Crippen molar-refractivity contribution < 1.29 is 9.53 Å². The number of carbonyl (C=O) groups excluding carboxylic acids is 1. The molecule has 2 rings (SSSR count). The first-order chi connectivity index (χ1) is 7.76. The molecule has 0 atom stereocenters. The first-order valence-corrected chi connectivity index (χ1v) is 6.31. The zero-order chi connectivity index (χ0) is 11.4. The molecule has 1 aliphatic carbocycles. The summed E-state index contributed by atoms with van der Waals surface area (Å²) in [5.74, 6) is 0.274. The van der Waals surface area contributed by atoms with Crippen LogP contribution in [0.15, 0.2) is 0 Å². The van der Waals surface area contributed by atoms with Gasteiger partial charge in [0.1, 0.15) is 0 Å². The topological polar surface area (TPSA) is 55.6 Å². The summed E-state index contributed by atoms with van der Waals surface area (Å²) in [5, 5.41) is 0. The Bertz CT molecular complexity index is 238. The molecule has 1 aliphatic heterocycles. The summed E-state index contributed by atoms with van der Waals surface area (Å²) in [6, 6.07) is 0. The summed E-state index contributed by atoms with van der Waals surface area (Å²) in [5.41, 5.74) is 5.91. The predicted molar refractivity (Wildman–Crippen MR) is 62.0 cm³/mol. The van der Waals surface area contributed by atoms with E-state index in [1.807, 2.05) is 4.90 Å². The third kappa shape index (κ3) is 2.55. The van der Waals surface area contributed by atoms with Crippen LogP contribution in [0.2, 0.25) is 0 Å². The molecule has 0 radical (unpaired) electrons. The lowest BCUT2D eigenvalue weighted by molar-refractivity contribution is -0.135. The second-order valence-electron chi connectivity index (χ2n) is 5.08. The predicted octanol–water partition coefficient (Wildman–Crippen LogP) is 0.754. The summed E-state index contributed by atoms with van der Waals surface area (Å²) in [7, 11) is 0. The van der Waals surface area contributed by atoms with E-state index in [0.29, 0.717) is 19.6 Å². The van der Waals surface area contributed by atoms with Crippen LogP contribution in [0.5, 0.6) is 0 Å². The van der Waals surface area contributed by atoms with E-state index in [4.69, 9.17) is 10.5 Å². The third-order valence-electron chi connectivity index (χ3n) is 3.95. The number of hydrogen-bond acceptors (Lipinski definition) is 3. The molecule has 2 N–H and O–H groups in total. The highest BCUT2D eigenvalue weighted by molar-refractivity contribution is 5.77. The normalized spacial score (nSPS) is 24.7. The van der Waals surface area contributed by atoms with Gasteiger partial charge in [0.25, 0.3) is 0 Å². The Labute approximate surface area is 97.1 Å². The van der Waals surface area contributed by atoms with E-state index in [2.05, 4.69) is 0 Å². The minimum absolute atomic E-state index is 0.129. The Morgan fingerprint density at radius 2 is 2.06 bits per heavy atom. The molecule has 0 aromatic rings. The summed E-state index contributed by atoms with van der Waals surface area (Å²) in [6.07, 6.45) is 5.08. The highest BCUT2D eigenvalue weighted by atomic mass is 16.5. The SMILES string of the molecule is NCC1(CC(=O)N2CCCOCC2)CCC1. The zero-order valence-corrected chi connectivity index (χ0v) is 9.91. The molecule has 16 heavy (non-hydrogen) atoms. The fourth-order valence-electron chi connectivity index (χ4n) is 2.56. The van der Waals surface area contributed by atoms with Gasteiger partial charge in [-0.25, -0.2) is 0 Å². The Kier molecular flexibility index (Phi) is 3.82. The number of carbonyl (C=O) groups is 1. The first kappa shape index (κ1) is 11.9. The van der Waals surface area contributed by atoms with Crippen molar-refractivity contribution in [2.45, 2.75) is 32.1 Å². The molecule has 0 unspecified atom stereocenters. The van der Waals surface area contributed by atoms with E-state index in [9.17, 15) is 4.79 Å². The Morgan fingerprint density at radius 1 is 1.25 bits per heavy atom. The minimum atomic E-state index is 0.129. The van der Waals surface area contributed by atoms with E-state index < -0.39 is 0 Å². The molecular weight excluding hydrogens is 204 g/mol. The number of amides is 1. The van der Waals surface area contributed by atoms with Gasteiger partial charge in [0.15, 0.2) is 0 Å². The van der Waals surface area contributed by atoms with E-state index >= 15 is 0 Å². The van der Waals surface area contributed by atoms with Crippen LogP contribution in [-0.4, -0.2) is 43.7 Å². The van der Waals surface area contributed by atoms with E-state index in [0.717, 1.165) is 39.0 Å². The highest BCUT2D eigenvalue weighted by Gasteiger charge is 2.38. The second kappa shape index (κ2) is 5.15. The van der Waals surface area contributed by atoms with Gasteiger partial charge in [-0.1, -0.05) is 6.42 Å². The van der Waals surface area contributed by atoms with Gasteiger partial charge in [0, 0.05) is 26.1 Å². The molecule has 0 bridgehead atoms. The molecule has 92 valence electrons. The maximum atomic E-state index is 12.1. The van der Waals surface area contributed by atoms with Crippen molar-refractivity contribution in [2.75, 3.05) is 32.8 Å². The van der Waals surface area contributed by atoms with Crippen LogP contribution in [0, 0.1) is 5.41 Å². The molecule has 1 amide bonds. The summed E-state index contributed by atoms with van der Waals surface area (Å²) >= 11 is 0. The van der Waals surface area contributed by atoms with Crippen molar-refractivity contribution in [2.24, 2.45) is 11.1 Å². The fourth-order valence-corrected chi connectivity index (χ4v) is 2.56. The van der Waals surface area contributed by atoms with Gasteiger partial charge in [-0.3, -0.25) is 4.79 Å². The van der Waals surface area contributed by atoms with Gasteiger partial charge in [0.2, 0.25) is 5.91 Å². The first-order valence-electron chi connectivity index (χ1n) is 6.31. The summed E-state index contributed by atoms with van der Waals surface area (Å²) in [6.45, 7) is 3.72. The maximum Gasteiger partial charge on any atom is 0.223 e. The Morgan fingerprint density at radius 3 is 2.69 bits per heavy atom. The molecule has 4 nitrogen and oxygen atoms in total. The van der Waals surface area contributed by atoms with E-state index in [1.165, 1.54) is 6.42 Å². The molecular formula is C12H22N2O2.